The van der Waals surface area contributed by atoms with E-state index in [0.29, 0.717) is 6.42 Å². The van der Waals surface area contributed by atoms with Gasteiger partial charge in [0.1, 0.15) is 0 Å². The molecule has 2 heteroatoms. The summed E-state index contributed by atoms with van der Waals surface area (Å²) in [7, 11) is 0. The average Bonchev–Trinajstić information content (AvgIpc) is 2.81. The Bertz CT molecular complexity index is 519. The van der Waals surface area contributed by atoms with Gasteiger partial charge in [0.2, 0.25) is 0 Å². The number of para-hydroxylation sites is 1. The van der Waals surface area contributed by atoms with Gasteiger partial charge in [-0.25, -0.2) is 0 Å². The standard InChI is InChI=1S/C16H20N2/c17-12-7-3-1-2-4-8-13-18-14-11-15-9-5-6-10-16(15)18/h5-6,9-11,14H,1-4,7-8,13H2. The second kappa shape index (κ2) is 6.86. The van der Waals surface area contributed by atoms with E-state index >= 15 is 0 Å². The van der Waals surface area contributed by atoms with E-state index < -0.39 is 0 Å². The van der Waals surface area contributed by atoms with Crippen LogP contribution in [-0.2, 0) is 6.54 Å². The number of hydrogen-bond donors (Lipinski definition) is 0. The Morgan fingerprint density at radius 1 is 0.944 bits per heavy atom. The van der Waals surface area contributed by atoms with Crippen LogP contribution < -0.4 is 0 Å². The van der Waals surface area contributed by atoms with Crippen molar-refractivity contribution in [1.29, 1.82) is 5.26 Å². The minimum Gasteiger partial charge on any atom is -0.347 e. The molecule has 0 aliphatic rings. The molecule has 0 saturated carbocycles. The van der Waals surface area contributed by atoms with E-state index in [0.717, 1.165) is 13.0 Å². The van der Waals surface area contributed by atoms with Crippen molar-refractivity contribution in [3.05, 3.63) is 36.5 Å². The smallest absolute Gasteiger partial charge is 0.0621 e. The van der Waals surface area contributed by atoms with Crippen LogP contribution in [0.4, 0.5) is 0 Å². The molecule has 0 amide bonds. The van der Waals surface area contributed by atoms with Crippen molar-refractivity contribution in [2.45, 2.75) is 45.1 Å². The molecule has 0 radical (unpaired) electrons. The molecule has 2 nitrogen and oxygen atoms in total. The Morgan fingerprint density at radius 3 is 2.61 bits per heavy atom. The van der Waals surface area contributed by atoms with Crippen LogP contribution in [0.2, 0.25) is 0 Å². The van der Waals surface area contributed by atoms with Crippen molar-refractivity contribution in [3.8, 4) is 6.07 Å². The van der Waals surface area contributed by atoms with Gasteiger partial charge < -0.3 is 4.57 Å². The highest BCUT2D eigenvalue weighted by atomic mass is 14.9. The topological polar surface area (TPSA) is 28.7 Å². The largest absolute Gasteiger partial charge is 0.347 e. The molecule has 2 rings (SSSR count). The average molecular weight is 240 g/mol. The molecule has 18 heavy (non-hydrogen) atoms. The fraction of sp³-hybridized carbons (Fsp3) is 0.438. The molecule has 1 heterocycles. The third-order valence-corrected chi connectivity index (χ3v) is 3.37. The number of aryl methyl sites for hydroxylation is 1. The number of nitriles is 1. The molecule has 94 valence electrons. The summed E-state index contributed by atoms with van der Waals surface area (Å²) in [6.45, 7) is 1.10. The Balaban J connectivity index is 1.72. The predicted molar refractivity (Wildman–Crippen MR) is 75.3 cm³/mol. The van der Waals surface area contributed by atoms with Gasteiger partial charge in [-0.05, 0) is 30.4 Å². The first kappa shape index (κ1) is 12.7. The third-order valence-electron chi connectivity index (χ3n) is 3.37. The van der Waals surface area contributed by atoms with Crippen molar-refractivity contribution in [1.82, 2.24) is 4.57 Å². The second-order valence-corrected chi connectivity index (χ2v) is 4.74. The fourth-order valence-corrected chi connectivity index (χ4v) is 2.35. The van der Waals surface area contributed by atoms with Gasteiger partial charge in [-0.1, -0.05) is 37.5 Å². The first-order chi connectivity index (χ1) is 8.92. The molecular weight excluding hydrogens is 220 g/mol. The van der Waals surface area contributed by atoms with E-state index in [4.69, 9.17) is 5.26 Å². The Labute approximate surface area is 109 Å². The molecule has 0 fully saturated rings. The summed E-state index contributed by atoms with van der Waals surface area (Å²) in [5.41, 5.74) is 1.34. The lowest BCUT2D eigenvalue weighted by Crippen LogP contribution is -1.95. The van der Waals surface area contributed by atoms with Gasteiger partial charge in [-0.2, -0.15) is 5.26 Å². The van der Waals surface area contributed by atoms with Crippen molar-refractivity contribution in [3.63, 3.8) is 0 Å². The van der Waals surface area contributed by atoms with Gasteiger partial charge in [0.25, 0.3) is 0 Å². The summed E-state index contributed by atoms with van der Waals surface area (Å²) >= 11 is 0. The number of nitrogens with zero attached hydrogens (tertiary/aromatic N) is 2. The predicted octanol–water partition coefficient (Wildman–Crippen LogP) is 4.51. The zero-order valence-corrected chi connectivity index (χ0v) is 10.8. The monoisotopic (exact) mass is 240 g/mol. The van der Waals surface area contributed by atoms with Crippen molar-refractivity contribution in [2.75, 3.05) is 0 Å². The van der Waals surface area contributed by atoms with E-state index in [-0.39, 0.29) is 0 Å². The molecule has 0 aliphatic carbocycles. The highest BCUT2D eigenvalue weighted by Gasteiger charge is 1.99. The second-order valence-electron chi connectivity index (χ2n) is 4.74. The summed E-state index contributed by atoms with van der Waals surface area (Å²) < 4.78 is 2.34. The SMILES string of the molecule is N#CCCCCCCCn1ccc2ccccc21. The fourth-order valence-electron chi connectivity index (χ4n) is 2.35. The summed E-state index contributed by atoms with van der Waals surface area (Å²) in [6.07, 6.45) is 8.88. The van der Waals surface area contributed by atoms with Crippen LogP contribution >= 0.6 is 0 Å². The number of benzene rings is 1. The highest BCUT2D eigenvalue weighted by molar-refractivity contribution is 5.79. The quantitative estimate of drug-likeness (QED) is 0.655. The number of aromatic nitrogens is 1. The Kier molecular flexibility index (Phi) is 4.84. The lowest BCUT2D eigenvalue weighted by molar-refractivity contribution is 0.571. The molecule has 0 atom stereocenters. The van der Waals surface area contributed by atoms with E-state index in [1.165, 1.54) is 36.6 Å². The molecule has 2 aromatic rings. The van der Waals surface area contributed by atoms with Crippen molar-refractivity contribution < 1.29 is 0 Å². The summed E-state index contributed by atoms with van der Waals surface area (Å²) in [6, 6.07) is 12.9. The van der Waals surface area contributed by atoms with Gasteiger partial charge in [-0.15, -0.1) is 0 Å². The van der Waals surface area contributed by atoms with Gasteiger partial charge in [0.05, 0.1) is 6.07 Å². The first-order valence-electron chi connectivity index (χ1n) is 6.82. The highest BCUT2D eigenvalue weighted by Crippen LogP contribution is 2.16. The Hall–Kier alpha value is -1.75. The zero-order chi connectivity index (χ0) is 12.6. The minimum absolute atomic E-state index is 0.711. The molecule has 1 aromatic heterocycles. The lowest BCUT2D eigenvalue weighted by atomic mass is 10.1. The summed E-state index contributed by atoms with van der Waals surface area (Å²) in [5, 5.41) is 9.77. The molecule has 0 unspecified atom stereocenters. The third kappa shape index (κ3) is 3.37. The van der Waals surface area contributed by atoms with Gasteiger partial charge in [-0.3, -0.25) is 0 Å². The van der Waals surface area contributed by atoms with E-state index in [1.54, 1.807) is 0 Å². The molecule has 0 bridgehead atoms. The van der Waals surface area contributed by atoms with E-state index in [1.807, 2.05) is 0 Å². The first-order valence-corrected chi connectivity index (χ1v) is 6.82. The summed E-state index contributed by atoms with van der Waals surface area (Å²) in [4.78, 5) is 0. The van der Waals surface area contributed by atoms with Crippen molar-refractivity contribution >= 4 is 10.9 Å². The lowest BCUT2D eigenvalue weighted by Gasteiger charge is -2.05. The van der Waals surface area contributed by atoms with Crippen LogP contribution in [0.3, 0.4) is 0 Å². The summed E-state index contributed by atoms with van der Waals surface area (Å²) in [5.74, 6) is 0. The number of unbranched alkanes of at least 4 members (excludes halogenated alkanes) is 5. The zero-order valence-electron chi connectivity index (χ0n) is 10.8. The van der Waals surface area contributed by atoms with Gasteiger partial charge in [0.15, 0.2) is 0 Å². The normalized spacial score (nSPS) is 10.6. The number of rotatable bonds is 7. The minimum atomic E-state index is 0.711. The Morgan fingerprint density at radius 2 is 1.72 bits per heavy atom. The maximum absolute atomic E-state index is 8.44. The van der Waals surface area contributed by atoms with Crippen LogP contribution in [0, 0.1) is 11.3 Å². The molecule has 0 spiro atoms. The van der Waals surface area contributed by atoms with Gasteiger partial charge >= 0.3 is 0 Å². The van der Waals surface area contributed by atoms with Crippen LogP contribution in [0.1, 0.15) is 38.5 Å². The molecular formula is C16H20N2. The molecule has 0 aliphatic heterocycles. The van der Waals surface area contributed by atoms with E-state index in [9.17, 15) is 0 Å². The molecule has 1 aromatic carbocycles. The molecule has 0 N–H and O–H groups in total. The van der Waals surface area contributed by atoms with Crippen LogP contribution in [0.25, 0.3) is 10.9 Å². The maximum atomic E-state index is 8.44. The van der Waals surface area contributed by atoms with Gasteiger partial charge in [0, 0.05) is 24.7 Å². The van der Waals surface area contributed by atoms with Crippen LogP contribution in [0.5, 0.6) is 0 Å². The van der Waals surface area contributed by atoms with E-state index in [2.05, 4.69) is 47.2 Å². The van der Waals surface area contributed by atoms with Crippen molar-refractivity contribution in [2.24, 2.45) is 0 Å². The number of hydrogen-bond acceptors (Lipinski definition) is 1. The molecule has 0 saturated heterocycles. The maximum Gasteiger partial charge on any atom is 0.0621 e. The number of fused-ring (bicyclic) bond motifs is 1. The van der Waals surface area contributed by atoms with Crippen LogP contribution in [0.15, 0.2) is 36.5 Å². The van der Waals surface area contributed by atoms with Crippen LogP contribution in [-0.4, -0.2) is 4.57 Å².